The van der Waals surface area contributed by atoms with Crippen molar-refractivity contribution in [1.82, 2.24) is 5.32 Å². The summed E-state index contributed by atoms with van der Waals surface area (Å²) < 4.78 is 10.3. The Morgan fingerprint density at radius 3 is 2.72 bits per heavy atom. The molecule has 0 spiro atoms. The molecular weight excluding hydrogens is 254 g/mol. The van der Waals surface area contributed by atoms with Crippen molar-refractivity contribution in [1.29, 1.82) is 0 Å². The maximum absolute atomic E-state index is 11.5. The van der Waals surface area contributed by atoms with Crippen LogP contribution in [0.4, 0.5) is 4.79 Å². The van der Waals surface area contributed by atoms with Crippen LogP contribution < -0.4 is 5.32 Å². The Kier molecular flexibility index (Phi) is 4.84. The van der Waals surface area contributed by atoms with Crippen molar-refractivity contribution in [2.45, 2.75) is 24.9 Å². The number of hydrogen-bond acceptors (Lipinski definition) is 3. The number of benzene rings is 1. The lowest BCUT2D eigenvalue weighted by molar-refractivity contribution is 0.132. The third-order valence-corrected chi connectivity index (χ3v) is 3.11. The van der Waals surface area contributed by atoms with E-state index >= 15 is 0 Å². The second-order valence-corrected chi connectivity index (χ2v) is 4.50. The minimum atomic E-state index is -0.396. The number of amides is 1. The molecule has 1 aliphatic rings. The van der Waals surface area contributed by atoms with Crippen molar-refractivity contribution in [3.63, 3.8) is 0 Å². The lowest BCUT2D eigenvalue weighted by Gasteiger charge is -2.11. The van der Waals surface area contributed by atoms with Gasteiger partial charge < -0.3 is 14.8 Å². The van der Waals surface area contributed by atoms with E-state index in [1.165, 1.54) is 0 Å². The minimum Gasteiger partial charge on any atom is -0.445 e. The highest BCUT2D eigenvalue weighted by atomic mass is 35.5. The van der Waals surface area contributed by atoms with Crippen molar-refractivity contribution < 1.29 is 14.3 Å². The third kappa shape index (κ3) is 3.89. The first kappa shape index (κ1) is 13.2. The van der Waals surface area contributed by atoms with Gasteiger partial charge in [0, 0.05) is 12.5 Å². The molecule has 0 radical (unpaired) electrons. The number of ether oxygens (including phenoxy) is 2. The summed E-state index contributed by atoms with van der Waals surface area (Å²) in [6, 6.07) is 7.74. The Labute approximate surface area is 111 Å². The van der Waals surface area contributed by atoms with E-state index in [1.54, 1.807) is 0 Å². The van der Waals surface area contributed by atoms with Gasteiger partial charge in [-0.2, -0.15) is 0 Å². The quantitative estimate of drug-likeness (QED) is 0.854. The third-order valence-electron chi connectivity index (χ3n) is 2.80. The van der Waals surface area contributed by atoms with E-state index < -0.39 is 6.09 Å². The molecule has 1 aliphatic heterocycles. The van der Waals surface area contributed by atoms with Crippen LogP contribution in [0.2, 0.25) is 0 Å². The van der Waals surface area contributed by atoms with Crippen LogP contribution in [0.5, 0.6) is 0 Å². The molecule has 1 aromatic carbocycles. The fourth-order valence-corrected chi connectivity index (χ4v) is 1.91. The van der Waals surface area contributed by atoms with Crippen LogP contribution in [0, 0.1) is 0 Å². The largest absolute Gasteiger partial charge is 0.445 e. The average molecular weight is 270 g/mol. The summed E-state index contributed by atoms with van der Waals surface area (Å²) in [5.74, 6) is 0.489. The van der Waals surface area contributed by atoms with Gasteiger partial charge in [0.15, 0.2) is 0 Å². The molecule has 0 aromatic heterocycles. The highest BCUT2D eigenvalue weighted by Crippen LogP contribution is 2.08. The number of halogens is 1. The maximum atomic E-state index is 11.5. The minimum absolute atomic E-state index is 0.0797. The van der Waals surface area contributed by atoms with Gasteiger partial charge in [-0.15, -0.1) is 11.6 Å². The van der Waals surface area contributed by atoms with Crippen LogP contribution in [0.25, 0.3) is 0 Å². The molecule has 1 heterocycles. The van der Waals surface area contributed by atoms with Gasteiger partial charge in [-0.05, 0) is 17.5 Å². The Morgan fingerprint density at radius 1 is 1.39 bits per heavy atom. The smallest absolute Gasteiger partial charge is 0.407 e. The molecule has 1 unspecified atom stereocenters. The molecule has 0 bridgehead atoms. The molecule has 5 heteroatoms. The normalized spacial score (nSPS) is 18.6. The van der Waals surface area contributed by atoms with Gasteiger partial charge in [0.05, 0.1) is 12.6 Å². The van der Waals surface area contributed by atoms with E-state index in [1.807, 2.05) is 24.3 Å². The van der Waals surface area contributed by atoms with Gasteiger partial charge in [-0.3, -0.25) is 0 Å². The molecule has 0 aliphatic carbocycles. The monoisotopic (exact) mass is 269 g/mol. The summed E-state index contributed by atoms with van der Waals surface area (Å²) in [6.07, 6.45) is 0.450. The van der Waals surface area contributed by atoms with Gasteiger partial charge >= 0.3 is 6.09 Å². The van der Waals surface area contributed by atoms with Crippen molar-refractivity contribution in [3.05, 3.63) is 35.4 Å². The Morgan fingerprint density at radius 2 is 2.11 bits per heavy atom. The summed E-state index contributed by atoms with van der Waals surface area (Å²) >= 11 is 5.69. The van der Waals surface area contributed by atoms with E-state index in [-0.39, 0.29) is 12.6 Å². The van der Waals surface area contributed by atoms with Gasteiger partial charge in [-0.1, -0.05) is 24.3 Å². The topological polar surface area (TPSA) is 47.6 Å². The molecular formula is C13H16ClNO3. The number of alkyl carbamates (subject to hydrolysis) is 1. The number of carbonyl (C=O) groups excluding carboxylic acids is 1. The fourth-order valence-electron chi connectivity index (χ4n) is 1.73. The lowest BCUT2D eigenvalue weighted by atomic mass is 10.2. The number of rotatable bonds is 4. The number of hydrogen-bond donors (Lipinski definition) is 1. The van der Waals surface area contributed by atoms with Crippen LogP contribution in [0.3, 0.4) is 0 Å². The average Bonchev–Trinajstić information content (AvgIpc) is 2.90. The molecule has 4 nitrogen and oxygen atoms in total. The predicted octanol–water partition coefficient (Wildman–Crippen LogP) is 2.44. The first-order valence-corrected chi connectivity index (χ1v) is 6.46. The standard InChI is InChI=1S/C13H16ClNO3/c14-7-10-1-3-11(4-2-10)8-18-13(16)15-12-5-6-17-9-12/h1-4,12H,5-9H2,(H,15,16). The maximum Gasteiger partial charge on any atom is 0.407 e. The van der Waals surface area contributed by atoms with E-state index in [2.05, 4.69) is 5.32 Å². The predicted molar refractivity (Wildman–Crippen MR) is 68.5 cm³/mol. The molecule has 1 fully saturated rings. The Balaban J connectivity index is 1.74. The van der Waals surface area contributed by atoms with Gasteiger partial charge in [0.1, 0.15) is 6.61 Å². The molecule has 1 N–H and O–H groups in total. The zero-order valence-corrected chi connectivity index (χ0v) is 10.8. The zero-order valence-electron chi connectivity index (χ0n) is 10.0. The van der Waals surface area contributed by atoms with Crippen molar-refractivity contribution >= 4 is 17.7 Å². The molecule has 1 aromatic rings. The molecule has 18 heavy (non-hydrogen) atoms. The molecule has 0 saturated carbocycles. The Hall–Kier alpha value is -1.26. The van der Waals surface area contributed by atoms with Crippen molar-refractivity contribution in [3.8, 4) is 0 Å². The van der Waals surface area contributed by atoms with E-state index in [9.17, 15) is 4.79 Å². The summed E-state index contributed by atoms with van der Waals surface area (Å²) in [5, 5.41) is 2.76. The second kappa shape index (κ2) is 6.61. The number of nitrogens with one attached hydrogen (secondary N) is 1. The van der Waals surface area contributed by atoms with E-state index in [0.717, 1.165) is 17.5 Å². The van der Waals surface area contributed by atoms with Gasteiger partial charge in [0.25, 0.3) is 0 Å². The molecule has 1 saturated heterocycles. The SMILES string of the molecule is O=C(NC1CCOC1)OCc1ccc(CCl)cc1. The van der Waals surface area contributed by atoms with Crippen molar-refractivity contribution in [2.24, 2.45) is 0 Å². The summed E-state index contributed by atoms with van der Waals surface area (Å²) in [6.45, 7) is 1.53. The number of alkyl halides is 1. The first-order valence-electron chi connectivity index (χ1n) is 5.93. The molecule has 1 amide bonds. The highest BCUT2D eigenvalue weighted by Gasteiger charge is 2.18. The molecule has 98 valence electrons. The lowest BCUT2D eigenvalue weighted by Crippen LogP contribution is -2.35. The van der Waals surface area contributed by atoms with Crippen LogP contribution in [-0.4, -0.2) is 25.3 Å². The zero-order chi connectivity index (χ0) is 12.8. The van der Waals surface area contributed by atoms with Crippen LogP contribution in [0.15, 0.2) is 24.3 Å². The molecule has 2 rings (SSSR count). The first-order chi connectivity index (χ1) is 8.78. The summed E-state index contributed by atoms with van der Waals surface area (Å²) in [5.41, 5.74) is 2.00. The fraction of sp³-hybridized carbons (Fsp3) is 0.462. The van der Waals surface area contributed by atoms with Crippen molar-refractivity contribution in [2.75, 3.05) is 13.2 Å². The number of carbonyl (C=O) groups is 1. The van der Waals surface area contributed by atoms with Gasteiger partial charge in [-0.25, -0.2) is 4.79 Å². The van der Waals surface area contributed by atoms with Crippen LogP contribution >= 0.6 is 11.6 Å². The highest BCUT2D eigenvalue weighted by molar-refractivity contribution is 6.17. The van der Waals surface area contributed by atoms with E-state index in [0.29, 0.717) is 19.1 Å². The summed E-state index contributed by atoms with van der Waals surface area (Å²) in [4.78, 5) is 11.5. The Bertz CT molecular complexity index is 388. The van der Waals surface area contributed by atoms with Crippen LogP contribution in [0.1, 0.15) is 17.5 Å². The molecule has 1 atom stereocenters. The van der Waals surface area contributed by atoms with E-state index in [4.69, 9.17) is 21.1 Å². The van der Waals surface area contributed by atoms with Gasteiger partial charge in [0.2, 0.25) is 0 Å². The second-order valence-electron chi connectivity index (χ2n) is 4.23. The summed E-state index contributed by atoms with van der Waals surface area (Å²) in [7, 11) is 0. The van der Waals surface area contributed by atoms with Crippen LogP contribution in [-0.2, 0) is 22.0 Å².